The van der Waals surface area contributed by atoms with E-state index in [-0.39, 0.29) is 5.91 Å². The van der Waals surface area contributed by atoms with Gasteiger partial charge in [-0.25, -0.2) is 0 Å². The Morgan fingerprint density at radius 1 is 1.35 bits per heavy atom. The second-order valence-electron chi connectivity index (χ2n) is 4.82. The summed E-state index contributed by atoms with van der Waals surface area (Å²) in [6.45, 7) is 6.04. The molecular formula is C11H18N4OS. The Morgan fingerprint density at radius 2 is 2.00 bits per heavy atom. The smallest absolute Gasteiger partial charge is 0.284 e. The second kappa shape index (κ2) is 5.00. The van der Waals surface area contributed by atoms with Crippen molar-refractivity contribution in [2.24, 2.45) is 11.8 Å². The van der Waals surface area contributed by atoms with Crippen molar-refractivity contribution in [1.82, 2.24) is 15.1 Å². The molecule has 0 radical (unpaired) electrons. The third-order valence-electron chi connectivity index (χ3n) is 2.98. The largest absolute Gasteiger partial charge is 0.363 e. The second-order valence-corrected chi connectivity index (χ2v) is 5.80. The first-order valence-corrected chi connectivity index (χ1v) is 6.72. The number of hydrogen-bond acceptors (Lipinski definition) is 5. The van der Waals surface area contributed by atoms with Gasteiger partial charge in [-0.3, -0.25) is 4.79 Å². The third-order valence-corrected chi connectivity index (χ3v) is 3.91. The average Bonchev–Trinajstić information content (AvgIpc) is 2.75. The molecule has 0 spiro atoms. The zero-order valence-electron chi connectivity index (χ0n) is 10.4. The first kappa shape index (κ1) is 12.3. The number of piperidine rings is 1. The Morgan fingerprint density at radius 3 is 2.53 bits per heavy atom. The summed E-state index contributed by atoms with van der Waals surface area (Å²) < 4.78 is 0. The van der Waals surface area contributed by atoms with Gasteiger partial charge in [0, 0.05) is 20.1 Å². The van der Waals surface area contributed by atoms with Gasteiger partial charge in [-0.15, -0.1) is 10.2 Å². The summed E-state index contributed by atoms with van der Waals surface area (Å²) in [7, 11) is 1.78. The molecule has 0 bridgehead atoms. The Bertz CT molecular complexity index is 396. The van der Waals surface area contributed by atoms with E-state index in [0.717, 1.165) is 13.1 Å². The Kier molecular flexibility index (Phi) is 3.61. The van der Waals surface area contributed by atoms with Crippen LogP contribution in [0.4, 0.5) is 5.13 Å². The van der Waals surface area contributed by atoms with E-state index in [0.29, 0.717) is 22.0 Å². The van der Waals surface area contributed by atoms with Crippen LogP contribution in [0.15, 0.2) is 0 Å². The lowest BCUT2D eigenvalue weighted by Gasteiger charge is -2.34. The zero-order valence-corrected chi connectivity index (χ0v) is 11.3. The lowest BCUT2D eigenvalue weighted by atomic mass is 9.92. The Labute approximate surface area is 105 Å². The van der Waals surface area contributed by atoms with Gasteiger partial charge in [0.05, 0.1) is 0 Å². The number of hydrogen-bond donors (Lipinski definition) is 1. The van der Waals surface area contributed by atoms with Crippen molar-refractivity contribution in [3.63, 3.8) is 0 Å². The fraction of sp³-hybridized carbons (Fsp3) is 0.727. The molecule has 2 heterocycles. The van der Waals surface area contributed by atoms with Crippen LogP contribution in [0.1, 0.15) is 30.1 Å². The van der Waals surface area contributed by atoms with Gasteiger partial charge in [0.2, 0.25) is 10.1 Å². The number of anilines is 1. The molecule has 1 fully saturated rings. The minimum atomic E-state index is 0.0161. The number of aromatic nitrogens is 2. The summed E-state index contributed by atoms with van der Waals surface area (Å²) in [5.74, 6) is 1.15. The van der Waals surface area contributed by atoms with Gasteiger partial charge in [0.25, 0.3) is 5.91 Å². The number of carbonyl (C=O) groups excluding carboxylic acids is 1. The summed E-state index contributed by atoms with van der Waals surface area (Å²) in [5, 5.41) is 11.9. The minimum absolute atomic E-state index is 0.0161. The van der Waals surface area contributed by atoms with Gasteiger partial charge in [-0.2, -0.15) is 0 Å². The number of nitrogens with one attached hydrogen (secondary N) is 1. The van der Waals surface area contributed by atoms with Gasteiger partial charge >= 0.3 is 0 Å². The predicted molar refractivity (Wildman–Crippen MR) is 68.3 cm³/mol. The first-order valence-electron chi connectivity index (χ1n) is 5.90. The van der Waals surface area contributed by atoms with Crippen LogP contribution in [0, 0.1) is 11.8 Å². The summed E-state index contributed by atoms with van der Waals surface area (Å²) in [5.41, 5.74) is 0. The van der Waals surface area contributed by atoms with E-state index in [4.69, 9.17) is 0 Å². The molecule has 1 N–H and O–H groups in total. The Balaban J connectivity index is 2.08. The van der Waals surface area contributed by atoms with Gasteiger partial charge in [-0.05, 0) is 18.3 Å². The lowest BCUT2D eigenvalue weighted by Crippen LogP contribution is -2.42. The van der Waals surface area contributed by atoms with E-state index in [2.05, 4.69) is 29.4 Å². The number of likely N-dealkylation sites (tertiary alicyclic amines) is 1. The molecule has 17 heavy (non-hydrogen) atoms. The standard InChI is InChI=1S/C11H18N4OS/c1-7-4-8(2)6-15(5-7)10(16)9-13-14-11(12-3)17-9/h7-8H,4-6H2,1-3H3,(H,12,14). The maximum atomic E-state index is 12.2. The quantitative estimate of drug-likeness (QED) is 0.872. The van der Waals surface area contributed by atoms with E-state index in [1.54, 1.807) is 7.05 Å². The van der Waals surface area contributed by atoms with Crippen molar-refractivity contribution in [3.05, 3.63) is 5.01 Å². The highest BCUT2D eigenvalue weighted by Gasteiger charge is 2.27. The fourth-order valence-corrected chi connectivity index (χ4v) is 3.04. The maximum Gasteiger partial charge on any atom is 0.284 e. The first-order chi connectivity index (χ1) is 8.10. The van der Waals surface area contributed by atoms with Gasteiger partial charge in [-0.1, -0.05) is 25.2 Å². The minimum Gasteiger partial charge on any atom is -0.363 e. The molecule has 0 saturated carbocycles. The van der Waals surface area contributed by atoms with Crippen LogP contribution in [0.5, 0.6) is 0 Å². The van der Waals surface area contributed by atoms with Crippen LogP contribution in [-0.4, -0.2) is 41.1 Å². The molecule has 2 rings (SSSR count). The molecule has 1 aromatic heterocycles. The summed E-state index contributed by atoms with van der Waals surface area (Å²) >= 11 is 1.31. The van der Waals surface area contributed by atoms with Crippen molar-refractivity contribution in [1.29, 1.82) is 0 Å². The number of rotatable bonds is 2. The fourth-order valence-electron chi connectivity index (χ4n) is 2.37. The molecular weight excluding hydrogens is 236 g/mol. The topological polar surface area (TPSA) is 58.1 Å². The SMILES string of the molecule is CNc1nnc(C(=O)N2CC(C)CC(C)C2)s1. The van der Waals surface area contributed by atoms with E-state index in [1.807, 2.05) is 4.90 Å². The number of nitrogens with zero attached hydrogens (tertiary/aromatic N) is 3. The third kappa shape index (κ3) is 2.74. The average molecular weight is 254 g/mol. The highest BCUT2D eigenvalue weighted by Crippen LogP contribution is 2.24. The molecule has 0 aliphatic carbocycles. The maximum absolute atomic E-state index is 12.2. The van der Waals surface area contributed by atoms with Gasteiger partial charge < -0.3 is 10.2 Å². The van der Waals surface area contributed by atoms with E-state index in [9.17, 15) is 4.79 Å². The van der Waals surface area contributed by atoms with Crippen molar-refractivity contribution >= 4 is 22.4 Å². The summed E-state index contributed by atoms with van der Waals surface area (Å²) in [6, 6.07) is 0. The van der Waals surface area contributed by atoms with E-state index >= 15 is 0 Å². The van der Waals surface area contributed by atoms with Gasteiger partial charge in [0.15, 0.2) is 0 Å². The van der Waals surface area contributed by atoms with Crippen LogP contribution in [-0.2, 0) is 0 Å². The lowest BCUT2D eigenvalue weighted by molar-refractivity contribution is 0.0622. The zero-order chi connectivity index (χ0) is 12.4. The van der Waals surface area contributed by atoms with Crippen LogP contribution in [0.2, 0.25) is 0 Å². The summed E-state index contributed by atoms with van der Waals surface area (Å²) in [4.78, 5) is 14.1. The normalized spacial score (nSPS) is 24.8. The molecule has 1 amide bonds. The Hall–Kier alpha value is -1.17. The molecule has 5 nitrogen and oxygen atoms in total. The highest BCUT2D eigenvalue weighted by atomic mass is 32.1. The monoisotopic (exact) mass is 254 g/mol. The van der Waals surface area contributed by atoms with Crippen LogP contribution in [0.25, 0.3) is 0 Å². The summed E-state index contributed by atoms with van der Waals surface area (Å²) in [6.07, 6.45) is 1.20. The molecule has 0 aromatic carbocycles. The van der Waals surface area contributed by atoms with Crippen molar-refractivity contribution in [2.75, 3.05) is 25.5 Å². The number of amides is 1. The van der Waals surface area contributed by atoms with Gasteiger partial charge in [0.1, 0.15) is 0 Å². The highest BCUT2D eigenvalue weighted by molar-refractivity contribution is 7.17. The predicted octanol–water partition coefficient (Wildman–Crippen LogP) is 1.70. The van der Waals surface area contributed by atoms with E-state index in [1.165, 1.54) is 17.8 Å². The molecule has 2 atom stereocenters. The molecule has 6 heteroatoms. The molecule has 2 unspecified atom stereocenters. The van der Waals surface area contributed by atoms with Crippen LogP contribution < -0.4 is 5.32 Å². The van der Waals surface area contributed by atoms with Crippen LogP contribution in [0.3, 0.4) is 0 Å². The molecule has 1 aliphatic heterocycles. The van der Waals surface area contributed by atoms with Crippen molar-refractivity contribution in [2.45, 2.75) is 20.3 Å². The van der Waals surface area contributed by atoms with Crippen molar-refractivity contribution in [3.8, 4) is 0 Å². The van der Waals surface area contributed by atoms with Crippen molar-refractivity contribution < 1.29 is 4.79 Å². The number of carbonyl (C=O) groups is 1. The van der Waals surface area contributed by atoms with E-state index < -0.39 is 0 Å². The molecule has 1 aliphatic rings. The molecule has 94 valence electrons. The molecule has 1 aromatic rings. The van der Waals surface area contributed by atoms with Crippen LogP contribution >= 0.6 is 11.3 Å². The molecule has 1 saturated heterocycles.